The fourth-order valence-electron chi connectivity index (χ4n) is 6.11. The predicted molar refractivity (Wildman–Crippen MR) is 158 cm³/mol. The number of anilines is 1. The van der Waals surface area contributed by atoms with Gasteiger partial charge in [0.25, 0.3) is 0 Å². The Labute approximate surface area is 240 Å². The number of rotatable bonds is 16. The molecule has 0 bridgehead atoms. The maximum absolute atomic E-state index is 10.0. The number of hydrogen-bond acceptors (Lipinski definition) is 7. The molecule has 40 heavy (non-hydrogen) atoms. The monoisotopic (exact) mass is 555 g/mol. The Bertz CT molecular complexity index is 997. The molecule has 4 rings (SSSR count). The summed E-state index contributed by atoms with van der Waals surface area (Å²) in [6, 6.07) is 15.3. The SMILES string of the molecule is COCCCN1CCOc2ccc(CO[C@H]3CCC[C@@H](CC[C@@H](C)O)[C@@H]3c3ccc(COCCOC)cc3)cc21. The standard InChI is InChI=1S/C33H49NO6/c1-25(35)8-12-28-6-4-7-32(33(28)29-13-9-26(10-14-29)23-38-21-20-37-3)40-24-27-11-15-31-30(22-27)34(17-19-39-31)16-5-18-36-2/h9-11,13-15,22,25,28,32-33,35H,4-8,12,16-21,23-24H2,1-3H3/t25-,28+,32+,33-/m1/s1. The van der Waals surface area contributed by atoms with Crippen LogP contribution in [0.15, 0.2) is 42.5 Å². The molecule has 1 aliphatic heterocycles. The predicted octanol–water partition coefficient (Wildman–Crippen LogP) is 5.72. The van der Waals surface area contributed by atoms with Crippen molar-refractivity contribution in [1.29, 1.82) is 0 Å². The maximum Gasteiger partial charge on any atom is 0.142 e. The van der Waals surface area contributed by atoms with Gasteiger partial charge in [-0.15, -0.1) is 0 Å². The van der Waals surface area contributed by atoms with Gasteiger partial charge in [0.05, 0.1) is 50.9 Å². The summed E-state index contributed by atoms with van der Waals surface area (Å²) in [5, 5.41) is 10.0. The first-order chi connectivity index (χ1) is 19.6. The van der Waals surface area contributed by atoms with E-state index in [-0.39, 0.29) is 12.2 Å². The second kappa shape index (κ2) is 16.3. The first-order valence-corrected chi connectivity index (χ1v) is 15.0. The number of aliphatic hydroxyl groups excluding tert-OH is 1. The summed E-state index contributed by atoms with van der Waals surface area (Å²) in [6.07, 6.45) is 6.06. The summed E-state index contributed by atoms with van der Waals surface area (Å²) in [7, 11) is 3.44. The van der Waals surface area contributed by atoms with Crippen LogP contribution in [0.5, 0.6) is 5.75 Å². The van der Waals surface area contributed by atoms with E-state index in [1.165, 1.54) is 23.1 Å². The first kappa shape index (κ1) is 30.8. The molecule has 4 atom stereocenters. The zero-order valence-electron chi connectivity index (χ0n) is 24.7. The molecule has 2 aliphatic rings. The van der Waals surface area contributed by atoms with Crippen molar-refractivity contribution in [3.8, 4) is 5.75 Å². The lowest BCUT2D eigenvalue weighted by atomic mass is 9.71. The minimum absolute atomic E-state index is 0.140. The van der Waals surface area contributed by atoms with Crippen LogP contribution in [0.25, 0.3) is 0 Å². The van der Waals surface area contributed by atoms with Crippen molar-refractivity contribution in [1.82, 2.24) is 0 Å². The summed E-state index contributed by atoms with van der Waals surface area (Å²) < 4.78 is 28.7. The van der Waals surface area contributed by atoms with Gasteiger partial charge in [-0.1, -0.05) is 36.8 Å². The molecule has 2 aromatic rings. The average molecular weight is 556 g/mol. The molecule has 0 unspecified atom stereocenters. The average Bonchev–Trinajstić information content (AvgIpc) is 2.98. The van der Waals surface area contributed by atoms with E-state index in [1.807, 2.05) is 6.92 Å². The third-order valence-electron chi connectivity index (χ3n) is 8.22. The lowest BCUT2D eigenvalue weighted by Crippen LogP contribution is -2.34. The summed E-state index contributed by atoms with van der Waals surface area (Å²) >= 11 is 0. The van der Waals surface area contributed by atoms with E-state index >= 15 is 0 Å². The molecule has 1 N–H and O–H groups in total. The Morgan fingerprint density at radius 3 is 2.55 bits per heavy atom. The van der Waals surface area contributed by atoms with Crippen LogP contribution in [0.3, 0.4) is 0 Å². The lowest BCUT2D eigenvalue weighted by Gasteiger charge is -2.39. The van der Waals surface area contributed by atoms with Crippen molar-refractivity contribution in [2.75, 3.05) is 58.6 Å². The van der Waals surface area contributed by atoms with E-state index in [0.29, 0.717) is 44.9 Å². The second-order valence-electron chi connectivity index (χ2n) is 11.3. The zero-order valence-corrected chi connectivity index (χ0v) is 24.7. The van der Waals surface area contributed by atoms with E-state index < -0.39 is 0 Å². The smallest absolute Gasteiger partial charge is 0.142 e. The number of aliphatic hydroxyl groups is 1. The normalized spacial score (nSPS) is 21.6. The molecule has 7 heteroatoms. The van der Waals surface area contributed by atoms with Gasteiger partial charge in [-0.3, -0.25) is 0 Å². The van der Waals surface area contributed by atoms with Crippen LogP contribution in [0.4, 0.5) is 5.69 Å². The number of nitrogens with zero attached hydrogens (tertiary/aromatic N) is 1. The summed E-state index contributed by atoms with van der Waals surface area (Å²) in [5.74, 6) is 1.75. The number of benzene rings is 2. The quantitative estimate of drug-likeness (QED) is 0.266. The van der Waals surface area contributed by atoms with Crippen LogP contribution in [-0.2, 0) is 32.2 Å². The lowest BCUT2D eigenvalue weighted by molar-refractivity contribution is -0.0185. The van der Waals surface area contributed by atoms with Crippen molar-refractivity contribution < 1.29 is 28.8 Å². The Kier molecular flexibility index (Phi) is 12.6. The highest BCUT2D eigenvalue weighted by atomic mass is 16.5. The molecule has 0 radical (unpaired) electrons. The Morgan fingerprint density at radius 1 is 0.975 bits per heavy atom. The summed E-state index contributed by atoms with van der Waals surface area (Å²) in [5.41, 5.74) is 4.82. The van der Waals surface area contributed by atoms with Gasteiger partial charge in [0.1, 0.15) is 12.4 Å². The molecule has 1 saturated carbocycles. The van der Waals surface area contributed by atoms with Crippen LogP contribution in [0.2, 0.25) is 0 Å². The summed E-state index contributed by atoms with van der Waals surface area (Å²) in [6.45, 7) is 7.58. The fourth-order valence-corrected chi connectivity index (χ4v) is 6.11. The van der Waals surface area contributed by atoms with Gasteiger partial charge in [-0.2, -0.15) is 0 Å². The van der Waals surface area contributed by atoms with Crippen LogP contribution < -0.4 is 9.64 Å². The van der Waals surface area contributed by atoms with E-state index in [2.05, 4.69) is 47.4 Å². The van der Waals surface area contributed by atoms with Crippen LogP contribution in [-0.4, -0.2) is 71.1 Å². The molecular weight excluding hydrogens is 506 g/mol. The van der Waals surface area contributed by atoms with Gasteiger partial charge in [0.2, 0.25) is 0 Å². The zero-order chi connectivity index (χ0) is 28.2. The first-order valence-electron chi connectivity index (χ1n) is 15.0. The topological polar surface area (TPSA) is 69.6 Å². The van der Waals surface area contributed by atoms with Gasteiger partial charge >= 0.3 is 0 Å². The molecular formula is C33H49NO6. The number of fused-ring (bicyclic) bond motifs is 1. The van der Waals surface area contributed by atoms with Crippen LogP contribution >= 0.6 is 0 Å². The third-order valence-corrected chi connectivity index (χ3v) is 8.22. The molecule has 0 amide bonds. The van der Waals surface area contributed by atoms with E-state index in [0.717, 1.165) is 63.2 Å². The molecule has 0 saturated heterocycles. The van der Waals surface area contributed by atoms with E-state index in [4.69, 9.17) is 23.7 Å². The van der Waals surface area contributed by atoms with Gasteiger partial charge in [0, 0.05) is 33.3 Å². The number of ether oxygens (including phenoxy) is 5. The second-order valence-corrected chi connectivity index (χ2v) is 11.3. The van der Waals surface area contributed by atoms with Gasteiger partial charge < -0.3 is 33.7 Å². The molecule has 0 aromatic heterocycles. The Morgan fingerprint density at radius 2 is 1.77 bits per heavy atom. The molecule has 2 aromatic carbocycles. The van der Waals surface area contributed by atoms with Crippen molar-refractivity contribution in [3.05, 3.63) is 59.2 Å². The van der Waals surface area contributed by atoms with Crippen molar-refractivity contribution in [2.24, 2.45) is 5.92 Å². The maximum atomic E-state index is 10.0. The molecule has 0 spiro atoms. The van der Waals surface area contributed by atoms with E-state index in [9.17, 15) is 5.11 Å². The van der Waals surface area contributed by atoms with Crippen molar-refractivity contribution >= 4 is 5.69 Å². The molecule has 1 aliphatic carbocycles. The molecule has 222 valence electrons. The van der Waals surface area contributed by atoms with Gasteiger partial charge in [-0.05, 0) is 73.8 Å². The Balaban J connectivity index is 1.45. The summed E-state index contributed by atoms with van der Waals surface area (Å²) in [4.78, 5) is 2.40. The molecule has 1 heterocycles. The molecule has 1 fully saturated rings. The number of hydrogen-bond donors (Lipinski definition) is 1. The fraction of sp³-hybridized carbons (Fsp3) is 0.636. The number of methoxy groups -OCH3 is 2. The largest absolute Gasteiger partial charge is 0.490 e. The Hall–Kier alpha value is -2.16. The van der Waals surface area contributed by atoms with Crippen LogP contribution in [0.1, 0.15) is 68.1 Å². The highest BCUT2D eigenvalue weighted by molar-refractivity contribution is 5.61. The highest BCUT2D eigenvalue weighted by Crippen LogP contribution is 2.43. The van der Waals surface area contributed by atoms with Gasteiger partial charge in [0.15, 0.2) is 0 Å². The third kappa shape index (κ3) is 8.92. The van der Waals surface area contributed by atoms with Crippen molar-refractivity contribution in [3.63, 3.8) is 0 Å². The van der Waals surface area contributed by atoms with Gasteiger partial charge in [-0.25, -0.2) is 0 Å². The van der Waals surface area contributed by atoms with Crippen LogP contribution in [0, 0.1) is 5.92 Å². The van der Waals surface area contributed by atoms with Crippen molar-refractivity contribution in [2.45, 2.75) is 76.8 Å². The minimum Gasteiger partial charge on any atom is -0.490 e. The minimum atomic E-state index is -0.280. The van der Waals surface area contributed by atoms with E-state index in [1.54, 1.807) is 14.2 Å². The highest BCUT2D eigenvalue weighted by Gasteiger charge is 2.35. The molecule has 7 nitrogen and oxygen atoms in total.